The van der Waals surface area contributed by atoms with Crippen molar-refractivity contribution in [3.63, 3.8) is 0 Å². The van der Waals surface area contributed by atoms with Crippen LogP contribution in [-0.4, -0.2) is 37.7 Å². The van der Waals surface area contributed by atoms with Crippen LogP contribution in [0.2, 0.25) is 0 Å². The smallest absolute Gasteiger partial charge is 0.422 e. The lowest BCUT2D eigenvalue weighted by Gasteiger charge is -2.26. The number of hydrogen-bond acceptors (Lipinski definition) is 6. The number of methoxy groups -OCH3 is 2. The molecule has 0 unspecified atom stereocenters. The van der Waals surface area contributed by atoms with Gasteiger partial charge in [-0.3, -0.25) is 4.79 Å². The molecule has 0 saturated carbocycles. The van der Waals surface area contributed by atoms with E-state index in [1.807, 2.05) is 72.8 Å². The number of ether oxygens (including phenoxy) is 3. The van der Waals surface area contributed by atoms with Gasteiger partial charge < -0.3 is 19.1 Å². The van der Waals surface area contributed by atoms with Gasteiger partial charge in [-0.2, -0.15) is 0 Å². The summed E-state index contributed by atoms with van der Waals surface area (Å²) in [6.07, 6.45) is 0.931. The van der Waals surface area contributed by atoms with Crippen molar-refractivity contribution in [2.75, 3.05) is 25.7 Å². The molecule has 0 radical (unpaired) electrons. The molecule has 1 aliphatic rings. The fourth-order valence-corrected chi connectivity index (χ4v) is 3.55. The molecule has 1 fully saturated rings. The van der Waals surface area contributed by atoms with Gasteiger partial charge in [0, 0.05) is 23.6 Å². The number of likely N-dealkylation sites (N-methyl/N-ethyl adjacent to an activating group) is 1. The molecule has 1 heterocycles. The van der Waals surface area contributed by atoms with E-state index in [0.29, 0.717) is 0 Å². The molecule has 7 heteroatoms. The number of anilines is 3. The van der Waals surface area contributed by atoms with Gasteiger partial charge in [0.1, 0.15) is 11.5 Å². The summed E-state index contributed by atoms with van der Waals surface area (Å²) in [7, 11) is 3.27. The second-order valence-corrected chi connectivity index (χ2v) is 7.25. The number of hydrogen-bond donors (Lipinski definition) is 0. The monoisotopic (exact) mass is 444 g/mol. The third-order valence-corrected chi connectivity index (χ3v) is 5.30. The minimum atomic E-state index is -0.643. The zero-order valence-electron chi connectivity index (χ0n) is 18.6. The van der Waals surface area contributed by atoms with Crippen molar-refractivity contribution in [1.29, 1.82) is 0 Å². The normalized spacial score (nSPS) is 14.4. The van der Waals surface area contributed by atoms with Gasteiger partial charge in [-0.1, -0.05) is 12.1 Å². The van der Waals surface area contributed by atoms with Gasteiger partial charge in [-0.25, -0.2) is 9.69 Å². The average Bonchev–Trinajstić information content (AvgIpc) is 3.13. The van der Waals surface area contributed by atoms with Crippen molar-refractivity contribution < 1.29 is 23.8 Å². The van der Waals surface area contributed by atoms with Gasteiger partial charge in [-0.15, -0.1) is 0 Å². The first kappa shape index (κ1) is 22.0. The zero-order chi connectivity index (χ0) is 23.4. The number of nitrogens with zero attached hydrogens (tertiary/aromatic N) is 2. The van der Waals surface area contributed by atoms with E-state index < -0.39 is 12.0 Å². The van der Waals surface area contributed by atoms with Crippen LogP contribution < -0.4 is 14.4 Å². The lowest BCUT2D eigenvalue weighted by molar-refractivity contribution is -0.123. The van der Waals surface area contributed by atoms with Crippen LogP contribution in [0.4, 0.5) is 21.9 Å². The lowest BCUT2D eigenvalue weighted by atomic mass is 10.1. The van der Waals surface area contributed by atoms with Crippen LogP contribution in [0.15, 0.2) is 78.6 Å². The van der Waals surface area contributed by atoms with Crippen LogP contribution in [-0.2, 0) is 9.53 Å². The first-order chi connectivity index (χ1) is 16.0. The number of carbonyl (C=O) groups is 2. The van der Waals surface area contributed by atoms with E-state index in [-0.39, 0.29) is 12.3 Å². The van der Waals surface area contributed by atoms with E-state index in [9.17, 15) is 9.59 Å². The van der Waals surface area contributed by atoms with Crippen molar-refractivity contribution in [2.24, 2.45) is 0 Å². The molecule has 168 valence electrons. The van der Waals surface area contributed by atoms with Crippen LogP contribution in [0.1, 0.15) is 12.5 Å². The second-order valence-electron chi connectivity index (χ2n) is 7.25. The molecular weight excluding hydrogens is 420 g/mol. The minimum absolute atomic E-state index is 0.0248. The summed E-state index contributed by atoms with van der Waals surface area (Å²) in [5, 5.41) is 0. The van der Waals surface area contributed by atoms with Crippen LogP contribution in [0.3, 0.4) is 0 Å². The van der Waals surface area contributed by atoms with E-state index in [0.717, 1.165) is 39.0 Å². The SMILES string of the molecule is CCN1C(=O)O/C(=C/c2ccc(N(c3ccc(OC)cc3)c3ccc(OC)cc3)cc2)C1=O. The number of rotatable bonds is 7. The Labute approximate surface area is 192 Å². The summed E-state index contributed by atoms with van der Waals surface area (Å²) in [5.74, 6) is 1.14. The van der Waals surface area contributed by atoms with E-state index in [4.69, 9.17) is 14.2 Å². The van der Waals surface area contributed by atoms with E-state index in [1.54, 1.807) is 27.2 Å². The van der Waals surface area contributed by atoms with Crippen molar-refractivity contribution >= 4 is 35.1 Å². The van der Waals surface area contributed by atoms with Gasteiger partial charge in [0.15, 0.2) is 5.76 Å². The first-order valence-electron chi connectivity index (χ1n) is 10.5. The highest BCUT2D eigenvalue weighted by Gasteiger charge is 2.35. The molecule has 33 heavy (non-hydrogen) atoms. The fourth-order valence-electron chi connectivity index (χ4n) is 3.55. The van der Waals surface area contributed by atoms with Crippen LogP contribution in [0.5, 0.6) is 11.5 Å². The molecule has 0 aromatic heterocycles. The highest BCUT2D eigenvalue weighted by Crippen LogP contribution is 2.36. The molecule has 1 saturated heterocycles. The molecule has 7 nitrogen and oxygen atoms in total. The molecule has 0 N–H and O–H groups in total. The van der Waals surface area contributed by atoms with E-state index in [2.05, 4.69) is 4.90 Å². The molecule has 0 aliphatic carbocycles. The molecule has 0 spiro atoms. The number of imide groups is 1. The summed E-state index contributed by atoms with van der Waals surface area (Å²) >= 11 is 0. The largest absolute Gasteiger partial charge is 0.497 e. The number of carbonyl (C=O) groups excluding carboxylic acids is 2. The number of cyclic esters (lactones) is 1. The quantitative estimate of drug-likeness (QED) is 0.448. The number of amides is 2. The minimum Gasteiger partial charge on any atom is -0.497 e. The van der Waals surface area contributed by atoms with Crippen LogP contribution in [0, 0.1) is 0 Å². The van der Waals surface area contributed by atoms with E-state index in [1.165, 1.54) is 0 Å². The Morgan fingerprint density at radius 3 is 1.64 bits per heavy atom. The highest BCUT2D eigenvalue weighted by atomic mass is 16.6. The van der Waals surface area contributed by atoms with Crippen molar-refractivity contribution in [2.45, 2.75) is 6.92 Å². The Bertz CT molecular complexity index is 1120. The molecule has 3 aromatic rings. The Morgan fingerprint density at radius 2 is 1.24 bits per heavy atom. The zero-order valence-corrected chi connectivity index (χ0v) is 18.6. The predicted molar refractivity (Wildman–Crippen MR) is 126 cm³/mol. The molecule has 0 atom stereocenters. The highest BCUT2D eigenvalue weighted by molar-refractivity contribution is 6.09. The van der Waals surface area contributed by atoms with Crippen LogP contribution >= 0.6 is 0 Å². The predicted octanol–water partition coefficient (Wildman–Crippen LogP) is 5.51. The molecule has 1 aliphatic heterocycles. The van der Waals surface area contributed by atoms with E-state index >= 15 is 0 Å². The Kier molecular flexibility index (Phi) is 6.31. The standard InChI is InChI=1S/C26H24N2O5/c1-4-27-25(29)24(33-26(27)30)17-18-5-7-19(8-6-18)28(20-9-13-22(31-2)14-10-20)21-11-15-23(32-3)16-12-21/h5-17H,4H2,1-3H3/b24-17+. The second kappa shape index (κ2) is 9.48. The summed E-state index contributed by atoms with van der Waals surface area (Å²) in [5.41, 5.74) is 3.56. The Balaban J connectivity index is 1.67. The van der Waals surface area contributed by atoms with Gasteiger partial charge in [0.05, 0.1) is 14.2 Å². The summed E-state index contributed by atoms with van der Waals surface area (Å²) < 4.78 is 15.7. The van der Waals surface area contributed by atoms with Gasteiger partial charge in [0.2, 0.25) is 0 Å². The Morgan fingerprint density at radius 1 is 0.788 bits per heavy atom. The molecule has 4 rings (SSSR count). The van der Waals surface area contributed by atoms with Crippen molar-refractivity contribution in [1.82, 2.24) is 4.90 Å². The average molecular weight is 444 g/mol. The summed E-state index contributed by atoms with van der Waals surface area (Å²) in [6, 6.07) is 23.2. The third-order valence-electron chi connectivity index (χ3n) is 5.30. The van der Waals surface area contributed by atoms with Crippen molar-refractivity contribution in [3.8, 4) is 11.5 Å². The summed E-state index contributed by atoms with van der Waals surface area (Å²) in [4.78, 5) is 27.2. The van der Waals surface area contributed by atoms with Crippen molar-refractivity contribution in [3.05, 3.63) is 84.1 Å². The fraction of sp³-hybridized carbons (Fsp3) is 0.154. The molecule has 2 amide bonds. The maximum Gasteiger partial charge on any atom is 0.422 e. The van der Waals surface area contributed by atoms with Gasteiger partial charge in [0.25, 0.3) is 5.91 Å². The third kappa shape index (κ3) is 4.52. The van der Waals surface area contributed by atoms with Gasteiger partial charge in [-0.05, 0) is 79.2 Å². The lowest BCUT2D eigenvalue weighted by Crippen LogP contribution is -2.28. The van der Waals surface area contributed by atoms with Crippen LogP contribution in [0.25, 0.3) is 6.08 Å². The topological polar surface area (TPSA) is 68.3 Å². The maximum atomic E-state index is 12.3. The first-order valence-corrected chi connectivity index (χ1v) is 10.5. The Hall–Kier alpha value is -4.26. The number of benzene rings is 3. The molecular formula is C26H24N2O5. The maximum absolute atomic E-state index is 12.3. The molecule has 0 bridgehead atoms. The molecule has 3 aromatic carbocycles. The summed E-state index contributed by atoms with van der Waals surface area (Å²) in [6.45, 7) is 2.00. The van der Waals surface area contributed by atoms with Gasteiger partial charge >= 0.3 is 6.09 Å².